The lowest BCUT2D eigenvalue weighted by atomic mass is 10.1. The van der Waals surface area contributed by atoms with Gasteiger partial charge in [-0.1, -0.05) is 35.9 Å². The lowest BCUT2D eigenvalue weighted by molar-refractivity contribution is -0.117. The van der Waals surface area contributed by atoms with Crippen LogP contribution in [0.2, 0.25) is 0 Å². The topological polar surface area (TPSA) is 29.1 Å². The van der Waals surface area contributed by atoms with E-state index < -0.39 is 0 Å². The lowest BCUT2D eigenvalue weighted by Crippen LogP contribution is -2.24. The predicted molar refractivity (Wildman–Crippen MR) is 62.4 cm³/mol. The molecule has 15 heavy (non-hydrogen) atoms. The number of carbonyl (C=O) groups excluding carboxylic acids is 1. The molecule has 0 radical (unpaired) electrons. The maximum absolute atomic E-state index is 11.4. The molecule has 1 aromatic rings. The van der Waals surface area contributed by atoms with Crippen LogP contribution < -0.4 is 5.32 Å². The zero-order valence-corrected chi connectivity index (χ0v) is 9.45. The first-order valence-corrected chi connectivity index (χ1v) is 5.10. The van der Waals surface area contributed by atoms with E-state index in [9.17, 15) is 4.79 Å². The Balaban J connectivity index is 2.61. The van der Waals surface area contributed by atoms with Gasteiger partial charge in [-0.25, -0.2) is 0 Å². The van der Waals surface area contributed by atoms with Crippen LogP contribution in [0, 0.1) is 0 Å². The van der Waals surface area contributed by atoms with Crippen LogP contribution in [0.25, 0.3) is 0 Å². The molecule has 0 spiro atoms. The molecule has 1 amide bonds. The molecule has 1 atom stereocenters. The third-order valence-electron chi connectivity index (χ3n) is 2.08. The zero-order valence-electron chi connectivity index (χ0n) is 9.45. The van der Waals surface area contributed by atoms with Gasteiger partial charge in [0.25, 0.3) is 0 Å². The molecule has 0 aliphatic heterocycles. The summed E-state index contributed by atoms with van der Waals surface area (Å²) in [7, 11) is 0. The number of benzene rings is 1. The van der Waals surface area contributed by atoms with E-state index in [1.54, 1.807) is 6.08 Å². The molecule has 0 aliphatic carbocycles. The second-order valence-corrected chi connectivity index (χ2v) is 3.86. The molecule has 0 saturated heterocycles. The highest BCUT2D eigenvalue weighted by atomic mass is 16.1. The summed E-state index contributed by atoms with van der Waals surface area (Å²) in [5.41, 5.74) is 2.13. The van der Waals surface area contributed by atoms with Crippen molar-refractivity contribution in [2.75, 3.05) is 0 Å². The largest absolute Gasteiger partial charge is 0.346 e. The van der Waals surface area contributed by atoms with Gasteiger partial charge in [-0.2, -0.15) is 0 Å². The van der Waals surface area contributed by atoms with Crippen LogP contribution in [-0.2, 0) is 4.79 Å². The van der Waals surface area contributed by atoms with E-state index in [1.165, 1.54) is 0 Å². The van der Waals surface area contributed by atoms with Crippen molar-refractivity contribution in [2.24, 2.45) is 0 Å². The smallest absolute Gasteiger partial charge is 0.244 e. The maximum atomic E-state index is 11.4. The van der Waals surface area contributed by atoms with Gasteiger partial charge in [0.15, 0.2) is 0 Å². The van der Waals surface area contributed by atoms with E-state index in [1.807, 2.05) is 51.1 Å². The Bertz CT molecular complexity index is 350. The molecule has 2 nitrogen and oxygen atoms in total. The quantitative estimate of drug-likeness (QED) is 0.752. The minimum absolute atomic E-state index is 0.0358. The van der Waals surface area contributed by atoms with E-state index in [-0.39, 0.29) is 11.9 Å². The Kier molecular flexibility index (Phi) is 4.10. The second-order valence-electron chi connectivity index (χ2n) is 3.86. The van der Waals surface area contributed by atoms with E-state index in [0.717, 1.165) is 11.1 Å². The van der Waals surface area contributed by atoms with Crippen molar-refractivity contribution in [3.63, 3.8) is 0 Å². The number of hydrogen-bond acceptors (Lipinski definition) is 1. The van der Waals surface area contributed by atoms with E-state index >= 15 is 0 Å². The Labute approximate surface area is 91.0 Å². The highest BCUT2D eigenvalue weighted by Gasteiger charge is 2.06. The molecule has 1 rings (SSSR count). The van der Waals surface area contributed by atoms with Crippen LogP contribution in [-0.4, -0.2) is 5.91 Å². The minimum atomic E-state index is -0.0358. The minimum Gasteiger partial charge on any atom is -0.346 e. The monoisotopic (exact) mass is 203 g/mol. The van der Waals surface area contributed by atoms with Gasteiger partial charge in [0, 0.05) is 6.08 Å². The average molecular weight is 203 g/mol. The first kappa shape index (κ1) is 11.5. The molecule has 2 heteroatoms. The number of nitrogens with one attached hydrogen (secondary N) is 1. The van der Waals surface area contributed by atoms with Gasteiger partial charge in [0.1, 0.15) is 0 Å². The number of carbonyl (C=O) groups is 1. The molecule has 0 bridgehead atoms. The van der Waals surface area contributed by atoms with E-state index in [2.05, 4.69) is 5.32 Å². The van der Waals surface area contributed by atoms with E-state index in [0.29, 0.717) is 0 Å². The fourth-order valence-electron chi connectivity index (χ4n) is 1.34. The van der Waals surface area contributed by atoms with Crippen LogP contribution in [0.4, 0.5) is 0 Å². The Morgan fingerprint density at radius 2 is 1.87 bits per heavy atom. The molecular weight excluding hydrogens is 186 g/mol. The molecule has 1 N–H and O–H groups in total. The SMILES string of the molecule is CC(C)=CC(=O)NC(C)c1ccccc1. The zero-order chi connectivity index (χ0) is 11.3. The number of rotatable bonds is 3. The Hall–Kier alpha value is -1.57. The standard InChI is InChI=1S/C13H17NO/c1-10(2)9-13(15)14-11(3)12-7-5-4-6-8-12/h4-9,11H,1-3H3,(H,14,15). The van der Waals surface area contributed by atoms with Gasteiger partial charge < -0.3 is 5.32 Å². The molecule has 80 valence electrons. The third kappa shape index (κ3) is 3.98. The number of hydrogen-bond donors (Lipinski definition) is 1. The summed E-state index contributed by atoms with van der Waals surface area (Å²) >= 11 is 0. The van der Waals surface area contributed by atoms with Crippen molar-refractivity contribution in [3.05, 3.63) is 47.5 Å². The molecule has 0 aromatic heterocycles. The summed E-state index contributed by atoms with van der Waals surface area (Å²) < 4.78 is 0. The first-order valence-electron chi connectivity index (χ1n) is 5.10. The first-order chi connectivity index (χ1) is 7.09. The molecular formula is C13H17NO. The normalized spacial score (nSPS) is 11.7. The van der Waals surface area contributed by atoms with Crippen molar-refractivity contribution < 1.29 is 4.79 Å². The van der Waals surface area contributed by atoms with Crippen LogP contribution in [0.3, 0.4) is 0 Å². The van der Waals surface area contributed by atoms with Gasteiger partial charge in [-0.3, -0.25) is 4.79 Å². The van der Waals surface area contributed by atoms with Crippen molar-refractivity contribution in [1.82, 2.24) is 5.32 Å². The summed E-state index contributed by atoms with van der Waals surface area (Å²) in [6.07, 6.45) is 1.61. The average Bonchev–Trinajstić information content (AvgIpc) is 2.17. The summed E-state index contributed by atoms with van der Waals surface area (Å²) in [6.45, 7) is 5.80. The van der Waals surface area contributed by atoms with Gasteiger partial charge >= 0.3 is 0 Å². The summed E-state index contributed by atoms with van der Waals surface area (Å²) in [4.78, 5) is 11.4. The number of allylic oxidation sites excluding steroid dienone is 1. The van der Waals surface area contributed by atoms with Crippen LogP contribution >= 0.6 is 0 Å². The molecule has 1 unspecified atom stereocenters. The van der Waals surface area contributed by atoms with Crippen molar-refractivity contribution in [2.45, 2.75) is 26.8 Å². The highest BCUT2D eigenvalue weighted by molar-refractivity contribution is 5.88. The van der Waals surface area contributed by atoms with Gasteiger partial charge in [0.05, 0.1) is 6.04 Å². The van der Waals surface area contributed by atoms with Gasteiger partial charge in [-0.15, -0.1) is 0 Å². The van der Waals surface area contributed by atoms with E-state index in [4.69, 9.17) is 0 Å². The third-order valence-corrected chi connectivity index (χ3v) is 2.08. The van der Waals surface area contributed by atoms with Crippen LogP contribution in [0.15, 0.2) is 42.0 Å². The summed E-state index contributed by atoms with van der Waals surface area (Å²) in [5, 5.41) is 2.91. The number of amides is 1. The Morgan fingerprint density at radius 3 is 2.40 bits per heavy atom. The fraction of sp³-hybridized carbons (Fsp3) is 0.308. The lowest BCUT2D eigenvalue weighted by Gasteiger charge is -2.12. The molecule has 1 aromatic carbocycles. The summed E-state index contributed by atoms with van der Waals surface area (Å²) in [6, 6.07) is 9.97. The van der Waals surface area contributed by atoms with Gasteiger partial charge in [-0.05, 0) is 26.3 Å². The van der Waals surface area contributed by atoms with Crippen LogP contribution in [0.5, 0.6) is 0 Å². The van der Waals surface area contributed by atoms with Crippen molar-refractivity contribution >= 4 is 5.91 Å². The fourth-order valence-corrected chi connectivity index (χ4v) is 1.34. The molecule has 0 saturated carbocycles. The van der Waals surface area contributed by atoms with Gasteiger partial charge in [0.2, 0.25) is 5.91 Å². The predicted octanol–water partition coefficient (Wildman–Crippen LogP) is 2.83. The summed E-state index contributed by atoms with van der Waals surface area (Å²) in [5.74, 6) is -0.0358. The highest BCUT2D eigenvalue weighted by Crippen LogP contribution is 2.10. The molecule has 0 fully saturated rings. The molecule has 0 aliphatic rings. The van der Waals surface area contributed by atoms with Crippen molar-refractivity contribution in [1.29, 1.82) is 0 Å². The Morgan fingerprint density at radius 1 is 1.27 bits per heavy atom. The molecule has 0 heterocycles. The second kappa shape index (κ2) is 5.35. The van der Waals surface area contributed by atoms with Crippen molar-refractivity contribution in [3.8, 4) is 0 Å². The van der Waals surface area contributed by atoms with Crippen LogP contribution in [0.1, 0.15) is 32.4 Å². The maximum Gasteiger partial charge on any atom is 0.244 e.